The number of benzene rings is 2. The molecule has 7 heteroatoms. The van der Waals surface area contributed by atoms with Crippen LogP contribution in [-0.2, 0) is 0 Å². The van der Waals surface area contributed by atoms with Gasteiger partial charge in [-0.1, -0.05) is 18.2 Å². The fourth-order valence-electron chi connectivity index (χ4n) is 3.10. The molecule has 1 atom stereocenters. The Kier molecular flexibility index (Phi) is 7.21. The summed E-state index contributed by atoms with van der Waals surface area (Å²) in [6.45, 7) is 4.56. The normalized spacial score (nSPS) is 15.6. The first-order valence-corrected chi connectivity index (χ1v) is 9.67. The highest BCUT2D eigenvalue weighted by Crippen LogP contribution is 2.14. The van der Waals surface area contributed by atoms with Gasteiger partial charge in [0.2, 0.25) is 0 Å². The number of aliphatic hydroxyl groups is 1. The van der Waals surface area contributed by atoms with Crippen molar-refractivity contribution in [2.45, 2.75) is 13.0 Å². The number of carbonyl (C=O) groups is 2. The summed E-state index contributed by atoms with van der Waals surface area (Å²) in [6.07, 6.45) is -1.00. The molecule has 1 amide bonds. The van der Waals surface area contributed by atoms with Crippen LogP contribution in [0.25, 0.3) is 0 Å². The molecule has 2 aromatic rings. The van der Waals surface area contributed by atoms with Crippen LogP contribution in [0.1, 0.15) is 17.3 Å². The highest BCUT2D eigenvalue weighted by atomic mass is 16.6. The minimum Gasteiger partial charge on any atom is -0.491 e. The van der Waals surface area contributed by atoms with Gasteiger partial charge in [0, 0.05) is 38.3 Å². The zero-order valence-corrected chi connectivity index (χ0v) is 16.5. The number of Topliss-reactive ketones (excluding diaryl/α,β-unsaturated/α-hetero) is 1. The van der Waals surface area contributed by atoms with Crippen molar-refractivity contribution < 1.29 is 24.2 Å². The van der Waals surface area contributed by atoms with Crippen LogP contribution < -0.4 is 9.47 Å². The summed E-state index contributed by atoms with van der Waals surface area (Å²) in [5.74, 6) is 1.15. The van der Waals surface area contributed by atoms with Gasteiger partial charge in [-0.05, 0) is 43.3 Å². The molecule has 1 heterocycles. The molecule has 1 aliphatic rings. The number of rotatable bonds is 7. The lowest BCUT2D eigenvalue weighted by molar-refractivity contribution is 0.0473. The predicted octanol–water partition coefficient (Wildman–Crippen LogP) is 2.45. The number of piperazine rings is 1. The van der Waals surface area contributed by atoms with Crippen molar-refractivity contribution in [3.63, 3.8) is 0 Å². The Hall–Kier alpha value is -2.90. The van der Waals surface area contributed by atoms with Gasteiger partial charge in [0.15, 0.2) is 5.78 Å². The molecule has 0 radical (unpaired) electrons. The number of aliphatic hydroxyl groups excluding tert-OH is 1. The maximum atomic E-state index is 12.2. The molecule has 0 saturated carbocycles. The Morgan fingerprint density at radius 2 is 1.62 bits per heavy atom. The number of para-hydroxylation sites is 1. The number of nitrogens with zero attached hydrogens (tertiary/aromatic N) is 2. The topological polar surface area (TPSA) is 79.3 Å². The molecule has 3 rings (SSSR count). The molecular formula is C22H26N2O5. The number of carbonyl (C=O) groups excluding carboxylic acids is 2. The first-order valence-electron chi connectivity index (χ1n) is 9.67. The number of β-amino-alcohol motifs (C(OH)–C–C–N with tert-alkyl or cyclic N) is 1. The lowest BCUT2D eigenvalue weighted by Crippen LogP contribution is -2.51. The van der Waals surface area contributed by atoms with Gasteiger partial charge in [0.1, 0.15) is 24.2 Å². The second kappa shape index (κ2) is 10.0. The zero-order chi connectivity index (χ0) is 20.6. The fourth-order valence-corrected chi connectivity index (χ4v) is 3.10. The van der Waals surface area contributed by atoms with Gasteiger partial charge < -0.3 is 19.5 Å². The van der Waals surface area contributed by atoms with Gasteiger partial charge in [-0.25, -0.2) is 4.79 Å². The lowest BCUT2D eigenvalue weighted by atomic mass is 10.1. The second-order valence-corrected chi connectivity index (χ2v) is 7.01. The average Bonchev–Trinajstić information content (AvgIpc) is 2.74. The molecule has 1 N–H and O–H groups in total. The zero-order valence-electron chi connectivity index (χ0n) is 16.5. The van der Waals surface area contributed by atoms with Gasteiger partial charge in [-0.3, -0.25) is 9.69 Å². The van der Waals surface area contributed by atoms with Crippen molar-refractivity contribution in [2.24, 2.45) is 0 Å². The lowest BCUT2D eigenvalue weighted by Gasteiger charge is -2.34. The summed E-state index contributed by atoms with van der Waals surface area (Å²) in [5.41, 5.74) is 0.626. The number of hydrogen-bond donors (Lipinski definition) is 1. The van der Waals surface area contributed by atoms with Crippen LogP contribution in [0.2, 0.25) is 0 Å². The molecule has 29 heavy (non-hydrogen) atoms. The van der Waals surface area contributed by atoms with Crippen LogP contribution in [-0.4, -0.2) is 72.2 Å². The molecule has 0 aromatic heterocycles. The van der Waals surface area contributed by atoms with Crippen LogP contribution >= 0.6 is 0 Å². The summed E-state index contributed by atoms with van der Waals surface area (Å²) < 4.78 is 11.0. The van der Waals surface area contributed by atoms with Gasteiger partial charge >= 0.3 is 6.09 Å². The van der Waals surface area contributed by atoms with Crippen molar-refractivity contribution in [3.8, 4) is 11.5 Å². The molecule has 0 aliphatic carbocycles. The summed E-state index contributed by atoms with van der Waals surface area (Å²) in [7, 11) is 0. The average molecular weight is 398 g/mol. The third kappa shape index (κ3) is 6.30. The second-order valence-electron chi connectivity index (χ2n) is 7.01. The maximum absolute atomic E-state index is 12.2. The van der Waals surface area contributed by atoms with Crippen molar-refractivity contribution in [2.75, 3.05) is 39.3 Å². The van der Waals surface area contributed by atoms with Crippen molar-refractivity contribution in [1.82, 2.24) is 9.80 Å². The van der Waals surface area contributed by atoms with E-state index in [4.69, 9.17) is 9.47 Å². The van der Waals surface area contributed by atoms with Gasteiger partial charge in [0.25, 0.3) is 0 Å². The molecule has 7 nitrogen and oxygen atoms in total. The molecule has 154 valence electrons. The van der Waals surface area contributed by atoms with E-state index in [0.29, 0.717) is 49.8 Å². The summed E-state index contributed by atoms with van der Waals surface area (Å²) in [6, 6.07) is 15.9. The molecule has 2 aromatic carbocycles. The predicted molar refractivity (Wildman–Crippen MR) is 108 cm³/mol. The van der Waals surface area contributed by atoms with Crippen LogP contribution in [0, 0.1) is 0 Å². The largest absolute Gasteiger partial charge is 0.491 e. The summed E-state index contributed by atoms with van der Waals surface area (Å²) in [5, 5.41) is 10.2. The molecule has 0 spiro atoms. The first kappa shape index (κ1) is 20.8. The molecule has 1 fully saturated rings. The molecule has 0 bridgehead atoms. The monoisotopic (exact) mass is 398 g/mol. The fraction of sp³-hybridized carbons (Fsp3) is 0.364. The number of ether oxygens (including phenoxy) is 2. The van der Waals surface area contributed by atoms with Crippen molar-refractivity contribution >= 4 is 11.9 Å². The quantitative estimate of drug-likeness (QED) is 0.722. The van der Waals surface area contributed by atoms with E-state index >= 15 is 0 Å². The van der Waals surface area contributed by atoms with E-state index in [9.17, 15) is 14.7 Å². The van der Waals surface area contributed by atoms with E-state index in [1.165, 1.54) is 6.92 Å². The first-order chi connectivity index (χ1) is 14.0. The smallest absolute Gasteiger partial charge is 0.415 e. The van der Waals surface area contributed by atoms with E-state index in [2.05, 4.69) is 4.90 Å². The Morgan fingerprint density at radius 3 is 2.24 bits per heavy atom. The van der Waals surface area contributed by atoms with E-state index in [-0.39, 0.29) is 18.5 Å². The van der Waals surface area contributed by atoms with E-state index in [1.807, 2.05) is 18.2 Å². The van der Waals surface area contributed by atoms with Crippen LogP contribution in [0.5, 0.6) is 11.5 Å². The molecule has 1 saturated heterocycles. The van der Waals surface area contributed by atoms with E-state index in [0.717, 1.165) is 0 Å². The van der Waals surface area contributed by atoms with Gasteiger partial charge in [0.05, 0.1) is 0 Å². The van der Waals surface area contributed by atoms with Crippen LogP contribution in [0.15, 0.2) is 54.6 Å². The van der Waals surface area contributed by atoms with Crippen LogP contribution in [0.3, 0.4) is 0 Å². The third-order valence-corrected chi connectivity index (χ3v) is 4.75. The molecular weight excluding hydrogens is 372 g/mol. The maximum Gasteiger partial charge on any atom is 0.415 e. The number of ketones is 1. The SMILES string of the molecule is CC(=O)c1ccc(OCC(O)CN2CCN(C(=O)Oc3ccccc3)CC2)cc1. The third-order valence-electron chi connectivity index (χ3n) is 4.75. The summed E-state index contributed by atoms with van der Waals surface area (Å²) >= 11 is 0. The summed E-state index contributed by atoms with van der Waals surface area (Å²) in [4.78, 5) is 27.3. The Morgan fingerprint density at radius 1 is 0.966 bits per heavy atom. The standard InChI is InChI=1S/C22H26N2O5/c1-17(25)18-7-9-20(10-8-18)28-16-19(26)15-23-11-13-24(14-12-23)22(27)29-21-5-3-2-4-6-21/h2-10,19,26H,11-16H2,1H3. The number of hydrogen-bond acceptors (Lipinski definition) is 6. The molecule has 1 aliphatic heterocycles. The Balaban J connectivity index is 1.37. The molecule has 1 unspecified atom stereocenters. The van der Waals surface area contributed by atoms with Crippen molar-refractivity contribution in [1.29, 1.82) is 0 Å². The van der Waals surface area contributed by atoms with Crippen LogP contribution in [0.4, 0.5) is 4.79 Å². The Labute approximate surface area is 170 Å². The van der Waals surface area contributed by atoms with Gasteiger partial charge in [-0.15, -0.1) is 0 Å². The highest BCUT2D eigenvalue weighted by molar-refractivity contribution is 5.94. The van der Waals surface area contributed by atoms with E-state index in [1.54, 1.807) is 41.3 Å². The van der Waals surface area contributed by atoms with Gasteiger partial charge in [-0.2, -0.15) is 0 Å². The minimum absolute atomic E-state index is 0.00313. The highest BCUT2D eigenvalue weighted by Gasteiger charge is 2.24. The number of amides is 1. The van der Waals surface area contributed by atoms with Crippen molar-refractivity contribution in [3.05, 3.63) is 60.2 Å². The minimum atomic E-state index is -0.648. The Bertz CT molecular complexity index is 802. The van der Waals surface area contributed by atoms with E-state index < -0.39 is 6.10 Å².